The average Bonchev–Trinajstić information content (AvgIpc) is 4.39. The molecule has 1 saturated heterocycles. The zero-order valence-corrected chi connectivity index (χ0v) is 44.5. The summed E-state index contributed by atoms with van der Waals surface area (Å²) >= 11 is 1.21. The summed E-state index contributed by atoms with van der Waals surface area (Å²) in [4.78, 5) is 110. The molecule has 4 aromatic rings. The molecule has 0 radical (unpaired) electrons. The number of aromatic amines is 1. The van der Waals surface area contributed by atoms with Crippen LogP contribution >= 0.6 is 11.8 Å². The number of para-hydroxylation sites is 2. The van der Waals surface area contributed by atoms with Crippen LogP contribution in [0.1, 0.15) is 69.4 Å². The summed E-state index contributed by atoms with van der Waals surface area (Å²) in [5.41, 5.74) is 15.0. The molecule has 0 aliphatic carbocycles. The monoisotopic (exact) mass is 1090 g/mol. The number of nitrogens with two attached hydrogens (primary N) is 2. The van der Waals surface area contributed by atoms with Gasteiger partial charge in [-0.05, 0) is 76.6 Å². The quantitative estimate of drug-likeness (QED) is 0.0175. The number of aromatic nitrogens is 2. The topological polar surface area (TPSA) is 333 Å². The molecular weight excluding hydrogens is 1010 g/mol. The first-order chi connectivity index (χ1) is 37.3. The third-order valence-electron chi connectivity index (χ3n) is 13.3. The van der Waals surface area contributed by atoms with Crippen molar-refractivity contribution >= 4 is 92.0 Å². The number of benzene rings is 2. The van der Waals surface area contributed by atoms with E-state index in [9.17, 15) is 43.5 Å². The molecule has 2 aromatic carbocycles. The second-order valence-electron chi connectivity index (χ2n) is 18.6. The van der Waals surface area contributed by atoms with Gasteiger partial charge in [-0.1, -0.05) is 36.4 Å². The maximum Gasteiger partial charge on any atom is 0.259 e. The Hall–Kier alpha value is -6.67. The molecule has 23 nitrogen and oxygen atoms in total. The molecule has 2 aliphatic rings. The van der Waals surface area contributed by atoms with Gasteiger partial charge in [0, 0.05) is 78.1 Å². The third-order valence-corrected chi connectivity index (χ3v) is 14.2. The molecule has 24 heteroatoms. The number of rotatable bonds is 33. The van der Waals surface area contributed by atoms with Crippen molar-refractivity contribution in [2.75, 3.05) is 78.0 Å². The highest BCUT2D eigenvalue weighted by molar-refractivity contribution is 7.99. The van der Waals surface area contributed by atoms with E-state index in [0.29, 0.717) is 100 Å². The normalized spacial score (nSPS) is 16.1. The largest absolute Gasteiger partial charge is 0.394 e. The number of fused-ring (bicyclic) bond motifs is 2. The van der Waals surface area contributed by atoms with Crippen LogP contribution in [0.2, 0.25) is 0 Å². The lowest BCUT2D eigenvalue weighted by Crippen LogP contribution is -2.59. The number of carbonyl (C=O) groups is 8. The predicted molar refractivity (Wildman–Crippen MR) is 290 cm³/mol. The summed E-state index contributed by atoms with van der Waals surface area (Å²) in [6.45, 7) is 3.31. The molecular formula is C53H73N11O12S. The van der Waals surface area contributed by atoms with E-state index in [1.807, 2.05) is 59.3 Å². The van der Waals surface area contributed by atoms with E-state index in [1.165, 1.54) is 30.6 Å². The van der Waals surface area contributed by atoms with E-state index in [0.717, 1.165) is 21.8 Å². The Morgan fingerprint density at radius 2 is 1.35 bits per heavy atom. The van der Waals surface area contributed by atoms with Crippen molar-refractivity contribution in [3.05, 3.63) is 72.1 Å². The van der Waals surface area contributed by atoms with Gasteiger partial charge >= 0.3 is 0 Å². The van der Waals surface area contributed by atoms with E-state index in [4.69, 9.17) is 25.7 Å². The number of aliphatic hydroxyl groups excluding tert-OH is 1. The fourth-order valence-electron chi connectivity index (χ4n) is 9.39. The van der Waals surface area contributed by atoms with Crippen molar-refractivity contribution in [3.63, 3.8) is 0 Å². The van der Waals surface area contributed by atoms with Crippen LogP contribution < -0.4 is 43.4 Å². The van der Waals surface area contributed by atoms with Gasteiger partial charge in [0.25, 0.3) is 11.8 Å². The molecule has 8 amide bonds. The Labute approximate surface area is 451 Å². The van der Waals surface area contributed by atoms with Gasteiger partial charge in [0.2, 0.25) is 35.4 Å². The van der Waals surface area contributed by atoms with Crippen molar-refractivity contribution in [2.45, 2.75) is 95.0 Å². The average molecular weight is 1090 g/mol. The number of hydrogen-bond donors (Lipinski definition) is 10. The number of hydrogen-bond acceptors (Lipinski definition) is 15. The second kappa shape index (κ2) is 30.3. The number of likely N-dealkylation sites (tertiary alicyclic amines) is 1. The lowest BCUT2D eigenvalue weighted by atomic mass is 9.95. The Morgan fingerprint density at radius 1 is 0.740 bits per heavy atom. The van der Waals surface area contributed by atoms with Crippen molar-refractivity contribution in [1.29, 1.82) is 0 Å². The number of nitrogens with one attached hydrogen (secondary N) is 7. The molecule has 4 heterocycles. The molecule has 6 rings (SSSR count). The summed E-state index contributed by atoms with van der Waals surface area (Å²) in [5.74, 6) is -4.17. The van der Waals surface area contributed by atoms with Crippen molar-refractivity contribution in [2.24, 2.45) is 11.5 Å². The van der Waals surface area contributed by atoms with E-state index in [-0.39, 0.29) is 50.2 Å². The van der Waals surface area contributed by atoms with Crippen LogP contribution in [0.5, 0.6) is 0 Å². The number of H-pyrrole nitrogens is 1. The van der Waals surface area contributed by atoms with Gasteiger partial charge < -0.3 is 71.8 Å². The van der Waals surface area contributed by atoms with Gasteiger partial charge in [-0.25, -0.2) is 0 Å². The van der Waals surface area contributed by atoms with E-state index in [1.54, 1.807) is 6.20 Å². The van der Waals surface area contributed by atoms with E-state index >= 15 is 0 Å². The Morgan fingerprint density at radius 3 is 2.03 bits per heavy atom. The van der Waals surface area contributed by atoms with Gasteiger partial charge in [0.15, 0.2) is 0 Å². The standard InChI is InChI=1S/C53H73N11O12S/c1-33(66)58-42(49(69)61-41(30-65)53(73)64-21-11-18-44(64)50(70)60-40(16-8-10-20-55)48(68)59-39(47(67)56-2)15-7-9-19-54)31-77-32-76-27-26-75-25-24-74-23-22-63-29-37(35-13-4-6-17-43(35)63)46-45(51(71)62-52(46)72)36-28-57-38-14-5-3-12-34(36)38/h3-6,12-14,17,28-29,39-42,44,57,65H,7-11,15-16,18-27,30-32,54-55H2,1-2H3,(H,56,67)(H,58,66)(H,59,68)(H,60,70)(H,61,69)(H,62,71,72)/t39-,40-,41?,42-,44-/m0/s1. The number of likely N-dealkylation sites (N-methyl/N-ethyl adjacent to an activating group) is 1. The lowest BCUT2D eigenvalue weighted by Gasteiger charge is -2.30. The van der Waals surface area contributed by atoms with Crippen LogP contribution in [0.15, 0.2) is 60.9 Å². The highest BCUT2D eigenvalue weighted by Crippen LogP contribution is 2.38. The number of carbonyl (C=O) groups excluding carboxylic acids is 8. The van der Waals surface area contributed by atoms with Crippen LogP contribution in [0.4, 0.5) is 0 Å². The predicted octanol–water partition coefficient (Wildman–Crippen LogP) is 0.377. The van der Waals surface area contributed by atoms with Gasteiger partial charge in [0.1, 0.15) is 30.2 Å². The van der Waals surface area contributed by atoms with Crippen LogP contribution in [0.3, 0.4) is 0 Å². The Bertz CT molecular complexity index is 2730. The smallest absolute Gasteiger partial charge is 0.259 e. The molecule has 418 valence electrons. The van der Waals surface area contributed by atoms with Crippen LogP contribution in [-0.2, 0) is 59.1 Å². The fraction of sp³-hybridized carbons (Fsp3) is 0.509. The molecule has 1 fully saturated rings. The molecule has 0 spiro atoms. The molecule has 77 heavy (non-hydrogen) atoms. The van der Waals surface area contributed by atoms with E-state index in [2.05, 4.69) is 36.9 Å². The first-order valence-corrected chi connectivity index (χ1v) is 27.2. The summed E-state index contributed by atoms with van der Waals surface area (Å²) in [6.07, 6.45) is 7.28. The van der Waals surface area contributed by atoms with Crippen molar-refractivity contribution < 1.29 is 57.7 Å². The molecule has 2 aromatic heterocycles. The number of thioether (sulfide) groups is 1. The van der Waals surface area contributed by atoms with Crippen molar-refractivity contribution in [1.82, 2.24) is 46.4 Å². The second-order valence-corrected chi connectivity index (χ2v) is 19.6. The molecule has 0 saturated carbocycles. The van der Waals surface area contributed by atoms with Gasteiger partial charge in [0.05, 0.1) is 56.7 Å². The zero-order chi connectivity index (χ0) is 55.3. The number of amides is 8. The van der Waals surface area contributed by atoms with Gasteiger partial charge in [-0.3, -0.25) is 43.7 Å². The lowest BCUT2D eigenvalue weighted by molar-refractivity contribution is -0.143. The first kappa shape index (κ1) is 59.6. The van der Waals surface area contributed by atoms with Gasteiger partial charge in [-0.2, -0.15) is 0 Å². The highest BCUT2D eigenvalue weighted by atomic mass is 32.2. The summed E-state index contributed by atoms with van der Waals surface area (Å²) < 4.78 is 19.2. The van der Waals surface area contributed by atoms with Gasteiger partial charge in [-0.15, -0.1) is 11.8 Å². The molecule has 5 atom stereocenters. The Kier molecular flexibility index (Phi) is 23.5. The minimum Gasteiger partial charge on any atom is -0.394 e. The number of unbranched alkanes of at least 4 members (excludes halogenated alkanes) is 2. The summed E-state index contributed by atoms with van der Waals surface area (Å²) in [6, 6.07) is 9.87. The van der Waals surface area contributed by atoms with E-state index < -0.39 is 78.2 Å². The Balaban J connectivity index is 0.917. The van der Waals surface area contributed by atoms with Crippen LogP contribution in [0.25, 0.3) is 33.0 Å². The van der Waals surface area contributed by atoms with Crippen LogP contribution in [0, 0.1) is 0 Å². The summed E-state index contributed by atoms with van der Waals surface area (Å²) in [7, 11) is 1.47. The minimum atomic E-state index is -1.44. The maximum absolute atomic E-state index is 13.8. The number of aliphatic hydroxyl groups is 1. The number of imide groups is 1. The molecule has 1 unspecified atom stereocenters. The van der Waals surface area contributed by atoms with Crippen molar-refractivity contribution in [3.8, 4) is 0 Å². The molecule has 12 N–H and O–H groups in total. The minimum absolute atomic E-state index is 0.0644. The first-order valence-electron chi connectivity index (χ1n) is 26.1. The SMILES string of the molecule is CNC(=O)[C@H](CCCCN)NC(=O)[C@H](CCCCN)NC(=O)[C@@H]1CCCN1C(=O)C(CO)NC(=O)[C@H](CSCOCCOCCOCCn1cc(C2=C(c3c[nH]c4ccccc34)C(=O)NC2=O)c2ccccc21)NC(C)=O. The number of ether oxygens (including phenoxy) is 3. The molecule has 0 bridgehead atoms. The highest BCUT2D eigenvalue weighted by Gasteiger charge is 2.40. The molecule has 2 aliphatic heterocycles. The number of nitrogens with zero attached hydrogens (tertiary/aromatic N) is 2. The maximum atomic E-state index is 13.8. The van der Waals surface area contributed by atoms with Crippen LogP contribution in [-0.4, -0.2) is 175 Å². The third kappa shape index (κ3) is 16.2. The summed E-state index contributed by atoms with van der Waals surface area (Å²) in [5, 5.41) is 27.6. The fourth-order valence-corrected chi connectivity index (χ4v) is 10.2. The zero-order valence-electron chi connectivity index (χ0n) is 43.7.